The second-order valence-corrected chi connectivity index (χ2v) is 42.3. The lowest BCUT2D eigenvalue weighted by atomic mass is 10.1. The smallest absolute Gasteiger partial charge is 0.414 e. The molecule has 9 atom stereocenters. The van der Waals surface area contributed by atoms with E-state index < -0.39 is 93.9 Å². The number of anilines is 5. The van der Waals surface area contributed by atoms with Gasteiger partial charge in [-0.3, -0.25) is 14.7 Å². The maximum Gasteiger partial charge on any atom is 0.414 e. The first kappa shape index (κ1) is 66.5. The van der Waals surface area contributed by atoms with E-state index in [4.69, 9.17) is 140 Å². The number of aromatic amines is 3. The van der Waals surface area contributed by atoms with Crippen LogP contribution in [-0.2, 0) is 45.4 Å². The van der Waals surface area contributed by atoms with Crippen molar-refractivity contribution in [2.24, 2.45) is 53.3 Å². The van der Waals surface area contributed by atoms with Crippen LogP contribution in [0.4, 0.5) is 56.3 Å². The van der Waals surface area contributed by atoms with E-state index >= 15 is 13.2 Å². The topological polar surface area (TPSA) is 435 Å². The molecular weight excluding hydrogens is 1830 g/mol. The Morgan fingerprint density at radius 2 is 0.770 bits per heavy atom. The molecule has 139 heavy (non-hydrogen) atoms. The Labute approximate surface area is 899 Å². The van der Waals surface area contributed by atoms with Gasteiger partial charge >= 0.3 is 30.3 Å². The first-order chi connectivity index (χ1) is 96.1. The normalized spacial score (nSPS) is 20.6. The van der Waals surface area contributed by atoms with E-state index in [2.05, 4.69) is 101 Å². The van der Waals surface area contributed by atoms with E-state index in [9.17, 15) is 31.2 Å². The fourth-order valence-corrected chi connectivity index (χ4v) is 20.4. The Morgan fingerprint density at radius 1 is 0.453 bits per heavy atom. The van der Waals surface area contributed by atoms with Gasteiger partial charge in [-0.2, -0.15) is 19.9 Å². The van der Waals surface area contributed by atoms with Crippen LogP contribution in [0.3, 0.4) is 0 Å². The van der Waals surface area contributed by atoms with Gasteiger partial charge in [0.2, 0.25) is 19.7 Å². The summed E-state index contributed by atoms with van der Waals surface area (Å²) in [5, 5.41) is 13.0. The summed E-state index contributed by atoms with van der Waals surface area (Å²) >= 11 is 0. The predicted molar refractivity (Wildman–Crippen MR) is 588 cm³/mol. The molecule has 12 heterocycles. The number of rotatable bonds is 17. The SMILES string of the molecule is C.CC1[C@H]2CNC[C@@H]12.COc1ccc(CS(=O)(=O)c2nc(S(=O)(=O)Cc3ccc(OC)cc3)c3c(n2)[nH]c2c(N(C)C(=O)OC(C)(C)C)cc(F)cc23)cc1.Cc1ncc(O)cn1.Cc1ncc(Oc2nc(N3C[C@@H]4C(C)[C@@H]4C3)c3c(n2)[nH]c2c(N(C)C(=O)OC(C)(C)C)cc(F)cc23)cn1.Cc1ncc(Oc2nc(N3C[C@@H]4C(C)[C@@H]4C3)c3c(n2)[nH]c2c(N(C)C(=O)OC(C)(C)C)cc(F)cc23)cn1.[2HH].[2H][2H].[2H][2H].[2H][2H].[2H][2H].[2H][2H].[2H][2H].[2H][2H].[2H][2H].[2H][2H].[2H][2H].[2H][2H].[2H][2H].[2H][2H].[2H][2H].[2H][2H].[2H][2H].[2H][2H].[2H][2H].[2H][2H].[2H][2H].[2H][2H].[2H][2H].[2H][2H].[2H][2H].[2H][2H].[2H][2H].[2H][2H].[2H][2H].[2H][2H].[2H][2H].[2H][2H]. The number of nitrogens with one attached hydrogen (secondary N) is 4. The first-order valence-electron chi connectivity index (χ1n) is 76.0. The van der Waals surface area contributed by atoms with Crippen LogP contribution in [0.25, 0.3) is 65.8 Å². The minimum absolute atomic E-state index is 0. The molecule has 3 unspecified atom stereocenters. The molecule has 5 N–H and O–H groups in total. The second-order valence-electron chi connectivity index (χ2n) is 38.5. The molecule has 3 saturated carbocycles. The van der Waals surface area contributed by atoms with Gasteiger partial charge in [-0.05, 0) is 221 Å². The van der Waals surface area contributed by atoms with Crippen molar-refractivity contribution in [2.75, 3.05) is 99.1 Å². The highest BCUT2D eigenvalue weighted by Crippen LogP contribution is 2.55. The van der Waals surface area contributed by atoms with E-state index in [1.165, 1.54) is 80.8 Å². The molecule has 41 heteroatoms. The number of fused-ring (bicyclic) bond motifs is 12. The van der Waals surface area contributed by atoms with E-state index in [0.29, 0.717) is 154 Å². The molecule has 0 spiro atoms. The standard InChI is InChI=1S/C32H33FN4O8S2.2C27H30FN7O3.C6H11N.C5H6N2O.CH4.32H2/c1-32(2,3)45-31(38)37(4)25-16-21(33)15-24-26-28(34-27(24)25)35-30(47(41,42)18-20-9-13-23(44-6)14-10-20)36-29(26)46(39,40)17-19-7-11-22(43-5)12-8-19;2*1-13-18-11-35(12-19(13)18)24-21-17-7-15(28)8-20(34(6)26(36)38-27(3,4)5)22(17)31-23(21)32-25(33-24)37-16-9-29-14(2)30-10-16;1-4-5-2-7-3-6(4)5;1-4-6-2-5(8)3-7-4;;;;;;;;;;;;;;;;;;;;;;;;;;;;;;;;;/h7-16H,17-18H2,1-6H3,(H,34,35,36);2*7-10,13,18-19H,11-12H2,1-6H3,(H,31,32,33);4-7H,2-3H2,1H3;2-3,8H,1H3;1H4;32*1H/t;2*13?,18-,19+;4?,5-,6+;;;;;;;;;;;;;;;;;;;;;;;;;;;;;;;;;;/i;;;;;;31*1+1D;1+1. The van der Waals surface area contributed by atoms with Crippen molar-refractivity contribution in [2.45, 2.75) is 150 Å². The van der Waals surface area contributed by atoms with Gasteiger partial charge in [0, 0.05) is 157 Å². The third kappa shape index (κ3) is 22.1. The molecule has 20 rings (SSSR count). The number of hydrogen-bond acceptors (Lipinski definition) is 30. The van der Waals surface area contributed by atoms with Crippen LogP contribution in [0.2, 0.25) is 0 Å². The van der Waals surface area contributed by atoms with Crippen LogP contribution in [0.15, 0.2) is 132 Å². The number of amides is 3. The molecule has 6 fully saturated rings. The first-order valence-corrected chi connectivity index (χ1v) is 48.3. The number of aryl methyl sites for hydroxylation is 3. The van der Waals surface area contributed by atoms with E-state index in [1.807, 2.05) is 0 Å². The molecular formula is C98H178F3N21O15S2. The summed E-state index contributed by atoms with van der Waals surface area (Å²) in [5.74, 6) is 9.40. The third-order valence-electron chi connectivity index (χ3n) is 25.1. The van der Waals surface area contributed by atoms with Gasteiger partial charge in [-0.25, -0.2) is 84.3 Å². The summed E-state index contributed by atoms with van der Waals surface area (Å²) in [4.78, 5) is 108. The van der Waals surface area contributed by atoms with E-state index in [-0.39, 0.29) is 54.2 Å². The fraction of sp³-hybridized carbons (Fsp3) is 0.418. The van der Waals surface area contributed by atoms with Crippen LogP contribution in [0.5, 0.6) is 40.8 Å². The molecule has 0 bridgehead atoms. The number of aromatic hydroxyl groups is 1. The highest BCUT2D eigenvalue weighted by atomic mass is 32.2. The molecule has 3 saturated heterocycles. The highest BCUT2D eigenvalue weighted by Gasteiger charge is 2.55. The number of benzene rings is 5. The molecule has 0 radical (unpaired) electrons. The summed E-state index contributed by atoms with van der Waals surface area (Å²) < 4.78 is 449. The maximum absolute atomic E-state index is 15.2. The number of ether oxygens (including phenoxy) is 7. The molecule has 6 aliphatic rings. The minimum atomic E-state index is -4.39. The Balaban J connectivity index is -0.000000125. The zero-order valence-electron chi connectivity index (χ0n) is 142. The summed E-state index contributed by atoms with van der Waals surface area (Å²) in [7, 11) is -1.28. The lowest BCUT2D eigenvalue weighted by molar-refractivity contribution is 0.0579. The second kappa shape index (κ2) is 38.8. The lowest BCUT2D eigenvalue weighted by Gasteiger charge is -2.25. The van der Waals surface area contributed by atoms with Gasteiger partial charge in [-0.15, -0.1) is 0 Å². The Kier molecular flexibility index (Phi) is 18.6. The van der Waals surface area contributed by atoms with Crippen LogP contribution >= 0.6 is 0 Å². The van der Waals surface area contributed by atoms with Crippen molar-refractivity contribution in [1.82, 2.24) is 80.1 Å². The molecule has 14 aromatic rings. The minimum Gasteiger partial charge on any atom is -0.505 e. The average molecular weight is 2080 g/mol. The molecule has 3 amide bonds. The Hall–Kier alpha value is -14.0. The summed E-state index contributed by atoms with van der Waals surface area (Å²) in [5.41, 5.74) is 1.19. The third-order valence-corrected chi connectivity index (χ3v) is 28.2. The Morgan fingerprint density at radius 3 is 1.09 bits per heavy atom. The number of nitrogens with zero attached hydrogens (tertiary/aromatic N) is 17. The molecule has 9 aromatic heterocycles. The molecule has 798 valence electrons. The van der Waals surface area contributed by atoms with Crippen LogP contribution in [0, 0.1) is 91.5 Å². The zero-order chi connectivity index (χ0) is 161. The lowest BCUT2D eigenvalue weighted by Crippen LogP contribution is -2.34. The van der Waals surface area contributed by atoms with Gasteiger partial charge in [0.1, 0.15) is 91.8 Å². The largest absolute Gasteiger partial charge is 0.505 e. The summed E-state index contributed by atoms with van der Waals surface area (Å²) in [6.45, 7) is 34.0. The van der Waals surface area contributed by atoms with Gasteiger partial charge in [-0.1, -0.05) is 52.5 Å². The van der Waals surface area contributed by atoms with Crippen molar-refractivity contribution in [3.63, 3.8) is 0 Å². The molecule has 5 aromatic carbocycles. The number of methoxy groups -OCH3 is 2. The van der Waals surface area contributed by atoms with Gasteiger partial charge in [0.05, 0.1) is 113 Å². The van der Waals surface area contributed by atoms with Crippen molar-refractivity contribution < 1.29 is 176 Å². The Bertz CT molecular complexity index is 7120. The van der Waals surface area contributed by atoms with Crippen molar-refractivity contribution >= 4 is 132 Å². The van der Waals surface area contributed by atoms with Crippen LogP contribution in [-0.4, -0.2) is 206 Å². The number of halogens is 3. The number of carbonyl (C=O) groups excluding carboxylic acids is 3. The molecule has 3 aliphatic heterocycles. The van der Waals surface area contributed by atoms with Crippen LogP contribution in [0.1, 0.15) is 213 Å². The van der Waals surface area contributed by atoms with Crippen molar-refractivity contribution in [3.05, 3.63) is 168 Å². The van der Waals surface area contributed by atoms with E-state index in [0.717, 1.165) is 61.0 Å². The zero-order valence-corrected chi connectivity index (χ0v) is 81.7. The monoisotopic (exact) mass is 2070 g/mol. The number of hydrogen-bond donors (Lipinski definition) is 5. The highest BCUT2D eigenvalue weighted by molar-refractivity contribution is 7.91. The number of aromatic nitrogens is 15. The number of H-pyrrole nitrogens is 3. The van der Waals surface area contributed by atoms with E-state index in [1.54, 1.807) is 170 Å². The average Bonchev–Trinajstić information content (AvgIpc) is 1.56. The molecule has 36 nitrogen and oxygen atoms in total. The predicted octanol–water partition coefficient (Wildman–Crippen LogP) is 25.5. The number of carbonyl (C=O) groups is 3. The summed E-state index contributed by atoms with van der Waals surface area (Å²) in [6, 6.07) is 20.5. The maximum atomic E-state index is 15.2. The van der Waals surface area contributed by atoms with Gasteiger partial charge < -0.3 is 68.3 Å². The van der Waals surface area contributed by atoms with Gasteiger partial charge in [0.25, 0.3) is 5.16 Å². The van der Waals surface area contributed by atoms with Crippen molar-refractivity contribution in [3.8, 4) is 40.8 Å². The number of sulfone groups is 2. The summed E-state index contributed by atoms with van der Waals surface area (Å²) in [6.07, 6.45) is 7.01. The number of piperidine rings is 3. The van der Waals surface area contributed by atoms with Gasteiger partial charge in [0.15, 0.2) is 22.3 Å². The van der Waals surface area contributed by atoms with Crippen molar-refractivity contribution in [1.29, 1.82) is 0 Å². The van der Waals surface area contributed by atoms with Crippen LogP contribution < -0.4 is 48.8 Å². The fourth-order valence-electron chi connectivity index (χ4n) is 17.6. The quantitative estimate of drug-likeness (QED) is 0.0321. The molecule has 3 aliphatic carbocycles.